The monoisotopic (exact) mass is 425 g/mol. The molecule has 1 aliphatic carbocycles. The van der Waals surface area contributed by atoms with E-state index >= 15 is 0 Å². The largest absolute Gasteiger partial charge is 0.482 e. The summed E-state index contributed by atoms with van der Waals surface area (Å²) in [6, 6.07) is 14.0. The van der Waals surface area contributed by atoms with Crippen molar-refractivity contribution in [2.45, 2.75) is 31.7 Å². The zero-order valence-corrected chi connectivity index (χ0v) is 17.3. The van der Waals surface area contributed by atoms with Gasteiger partial charge in [-0.05, 0) is 55.3 Å². The Kier molecular flexibility index (Phi) is 4.89. The molecule has 0 saturated heterocycles. The van der Waals surface area contributed by atoms with Gasteiger partial charge in [0.15, 0.2) is 11.4 Å². The minimum Gasteiger partial charge on any atom is -0.482 e. The maximum atomic E-state index is 11.7. The highest BCUT2D eigenvalue weighted by molar-refractivity contribution is 7.07. The van der Waals surface area contributed by atoms with Gasteiger partial charge in [0.1, 0.15) is 5.75 Å². The van der Waals surface area contributed by atoms with Gasteiger partial charge in [0.05, 0.1) is 17.1 Å². The van der Waals surface area contributed by atoms with E-state index in [0.29, 0.717) is 16.8 Å². The summed E-state index contributed by atoms with van der Waals surface area (Å²) in [5.41, 5.74) is 3.78. The molecule has 1 aliphatic heterocycles. The number of halogens is 1. The van der Waals surface area contributed by atoms with Crippen LogP contribution >= 0.6 is 22.9 Å². The number of carbonyl (C=O) groups excluding carboxylic acids is 1. The second kappa shape index (κ2) is 7.69. The Morgan fingerprint density at radius 1 is 1.14 bits per heavy atom. The molecule has 29 heavy (non-hydrogen) atoms. The van der Waals surface area contributed by atoms with Gasteiger partial charge in [0, 0.05) is 22.0 Å². The van der Waals surface area contributed by atoms with Crippen LogP contribution in [0.2, 0.25) is 5.02 Å². The maximum Gasteiger partial charge on any atom is 0.262 e. The first-order valence-corrected chi connectivity index (χ1v) is 11.0. The Morgan fingerprint density at radius 2 is 1.93 bits per heavy atom. The van der Waals surface area contributed by atoms with Crippen molar-refractivity contribution in [1.82, 2.24) is 4.57 Å². The van der Waals surface area contributed by atoms with E-state index in [2.05, 4.69) is 21.3 Å². The number of rotatable bonds is 3. The molecule has 5 rings (SSSR count). The number of amides is 1. The molecule has 1 N–H and O–H groups in total. The summed E-state index contributed by atoms with van der Waals surface area (Å²) in [5.74, 6) is 0.587. The van der Waals surface area contributed by atoms with Crippen LogP contribution in [0, 0.1) is 0 Å². The van der Waals surface area contributed by atoms with Gasteiger partial charge in [0.25, 0.3) is 5.91 Å². The first kappa shape index (κ1) is 18.5. The van der Waals surface area contributed by atoms with Crippen LogP contribution in [-0.4, -0.2) is 17.1 Å². The van der Waals surface area contributed by atoms with Crippen LogP contribution < -0.4 is 14.9 Å². The van der Waals surface area contributed by atoms with Gasteiger partial charge in [0.2, 0.25) is 0 Å². The zero-order valence-electron chi connectivity index (χ0n) is 15.7. The van der Waals surface area contributed by atoms with Crippen molar-refractivity contribution in [3.05, 3.63) is 57.7 Å². The number of nitrogens with one attached hydrogen (secondary N) is 1. The number of hydrogen-bond acceptors (Lipinski definition) is 4. The van der Waals surface area contributed by atoms with Gasteiger partial charge in [-0.15, -0.1) is 11.3 Å². The van der Waals surface area contributed by atoms with Crippen LogP contribution in [0.4, 0.5) is 11.4 Å². The summed E-state index contributed by atoms with van der Waals surface area (Å²) in [4.78, 5) is 17.6. The molecular weight excluding hydrogens is 406 g/mol. The molecule has 1 aromatic heterocycles. The average Bonchev–Trinajstić information content (AvgIpc) is 3.39. The fourth-order valence-corrected chi connectivity index (χ4v) is 5.11. The molecule has 0 radical (unpaired) electrons. The Balaban J connectivity index is 1.62. The van der Waals surface area contributed by atoms with E-state index in [9.17, 15) is 4.79 Å². The second-order valence-corrected chi connectivity index (χ2v) is 8.62. The Bertz CT molecular complexity index is 1130. The van der Waals surface area contributed by atoms with E-state index in [-0.39, 0.29) is 12.5 Å². The van der Waals surface area contributed by atoms with E-state index in [1.165, 1.54) is 12.8 Å². The van der Waals surface area contributed by atoms with Crippen LogP contribution in [0.1, 0.15) is 31.7 Å². The molecule has 0 spiro atoms. The van der Waals surface area contributed by atoms with Gasteiger partial charge in [-0.2, -0.15) is 0 Å². The fourth-order valence-electron chi connectivity index (χ4n) is 4.00. The van der Waals surface area contributed by atoms with Gasteiger partial charge >= 0.3 is 0 Å². The summed E-state index contributed by atoms with van der Waals surface area (Å²) >= 11 is 7.66. The number of aromatic nitrogens is 1. The molecule has 7 heteroatoms. The van der Waals surface area contributed by atoms with Crippen LogP contribution in [0.5, 0.6) is 5.75 Å². The molecule has 1 fully saturated rings. The summed E-state index contributed by atoms with van der Waals surface area (Å²) < 4.78 is 7.87. The smallest absolute Gasteiger partial charge is 0.262 e. The summed E-state index contributed by atoms with van der Waals surface area (Å²) in [7, 11) is 0. The van der Waals surface area contributed by atoms with Crippen LogP contribution in [0.3, 0.4) is 0 Å². The van der Waals surface area contributed by atoms with Crippen molar-refractivity contribution in [2.24, 2.45) is 4.99 Å². The zero-order chi connectivity index (χ0) is 19.8. The standard InChI is InChI=1S/C22H20ClN3O2S/c23-15-6-8-16(9-7-15)24-22-26(17-3-1-2-4-17)19(13-29-22)14-5-10-20-18(11-14)25-21(27)12-28-20/h5-11,13,17H,1-4,12H2,(H,25,27). The fraction of sp³-hybridized carbons (Fsp3) is 0.273. The van der Waals surface area contributed by atoms with Crippen molar-refractivity contribution < 1.29 is 9.53 Å². The van der Waals surface area contributed by atoms with E-state index < -0.39 is 0 Å². The first-order chi connectivity index (χ1) is 14.2. The quantitative estimate of drug-likeness (QED) is 0.598. The molecule has 0 bridgehead atoms. The van der Waals surface area contributed by atoms with Gasteiger partial charge in [-0.3, -0.25) is 4.79 Å². The molecule has 0 unspecified atom stereocenters. The molecule has 0 atom stereocenters. The molecule has 1 saturated carbocycles. The SMILES string of the molecule is O=C1COc2ccc(-c3csc(=Nc4ccc(Cl)cc4)n3C3CCCC3)cc2N1. The van der Waals surface area contributed by atoms with Crippen molar-refractivity contribution in [3.8, 4) is 17.0 Å². The lowest BCUT2D eigenvalue weighted by molar-refractivity contribution is -0.118. The third-order valence-electron chi connectivity index (χ3n) is 5.39. The highest BCUT2D eigenvalue weighted by Gasteiger charge is 2.23. The maximum absolute atomic E-state index is 11.7. The van der Waals surface area contributed by atoms with Crippen molar-refractivity contribution in [1.29, 1.82) is 0 Å². The van der Waals surface area contributed by atoms with Crippen LogP contribution in [0.15, 0.2) is 52.8 Å². The summed E-state index contributed by atoms with van der Waals surface area (Å²) in [6.45, 7) is 0.0665. The highest BCUT2D eigenvalue weighted by atomic mass is 35.5. The van der Waals surface area contributed by atoms with Gasteiger partial charge < -0.3 is 14.6 Å². The van der Waals surface area contributed by atoms with Gasteiger partial charge in [-0.1, -0.05) is 24.4 Å². The molecule has 5 nitrogen and oxygen atoms in total. The van der Waals surface area contributed by atoms with Gasteiger partial charge in [-0.25, -0.2) is 4.99 Å². The topological polar surface area (TPSA) is 55.6 Å². The number of anilines is 1. The average molecular weight is 426 g/mol. The van der Waals surface area contributed by atoms with Crippen molar-refractivity contribution in [3.63, 3.8) is 0 Å². The number of thiazole rings is 1. The molecule has 2 aromatic carbocycles. The van der Waals surface area contributed by atoms with Crippen LogP contribution in [0.25, 0.3) is 11.3 Å². The first-order valence-electron chi connectivity index (χ1n) is 9.75. The molecule has 2 heterocycles. The number of fused-ring (bicyclic) bond motifs is 1. The molecule has 2 aliphatic rings. The third-order valence-corrected chi connectivity index (χ3v) is 6.48. The van der Waals surface area contributed by atoms with Crippen molar-refractivity contribution in [2.75, 3.05) is 11.9 Å². The Morgan fingerprint density at radius 3 is 2.72 bits per heavy atom. The number of benzene rings is 2. The Hall–Kier alpha value is -2.57. The number of carbonyl (C=O) groups is 1. The predicted octanol–water partition coefficient (Wildman–Crippen LogP) is 5.55. The number of ether oxygens (including phenoxy) is 1. The van der Waals surface area contributed by atoms with E-state index in [4.69, 9.17) is 21.3 Å². The Labute approximate surface area is 177 Å². The lowest BCUT2D eigenvalue weighted by Gasteiger charge is -2.20. The third kappa shape index (κ3) is 3.70. The number of hydrogen-bond donors (Lipinski definition) is 1. The minimum atomic E-state index is -0.123. The second-order valence-electron chi connectivity index (χ2n) is 7.35. The number of nitrogens with zero attached hydrogens (tertiary/aromatic N) is 2. The van der Waals surface area contributed by atoms with Crippen molar-refractivity contribution >= 4 is 40.2 Å². The molecular formula is C22H20ClN3O2S. The molecule has 1 amide bonds. The summed E-state index contributed by atoms with van der Waals surface area (Å²) in [6.07, 6.45) is 4.79. The lowest BCUT2D eigenvalue weighted by atomic mass is 10.1. The predicted molar refractivity (Wildman–Crippen MR) is 116 cm³/mol. The molecule has 3 aromatic rings. The highest BCUT2D eigenvalue weighted by Crippen LogP contribution is 2.37. The van der Waals surface area contributed by atoms with Crippen LogP contribution in [-0.2, 0) is 4.79 Å². The van der Waals surface area contributed by atoms with E-state index in [1.807, 2.05) is 36.4 Å². The summed E-state index contributed by atoms with van der Waals surface area (Å²) in [5, 5.41) is 5.76. The normalized spacial score (nSPS) is 17.1. The molecule has 148 valence electrons. The van der Waals surface area contributed by atoms with E-state index in [0.717, 1.165) is 40.3 Å². The lowest BCUT2D eigenvalue weighted by Crippen LogP contribution is -2.25. The minimum absolute atomic E-state index is 0.0665. The van der Waals surface area contributed by atoms with E-state index in [1.54, 1.807) is 11.3 Å².